The fourth-order valence-electron chi connectivity index (χ4n) is 2.03. The number of aromatic nitrogens is 1. The first kappa shape index (κ1) is 14.0. The van der Waals surface area contributed by atoms with E-state index in [9.17, 15) is 4.39 Å². The topological polar surface area (TPSA) is 28.2 Å². The summed E-state index contributed by atoms with van der Waals surface area (Å²) in [6, 6.07) is 2.33. The van der Waals surface area contributed by atoms with E-state index in [1.54, 1.807) is 12.3 Å². The molecule has 2 rings (SSSR count). The second kappa shape index (κ2) is 6.15. The van der Waals surface area contributed by atoms with E-state index in [-0.39, 0.29) is 5.82 Å². The smallest absolute Gasteiger partial charge is 0.170 e. The maximum absolute atomic E-state index is 14.5. The third kappa shape index (κ3) is 3.77. The number of nitrogens with one attached hydrogen (secondary N) is 1. The van der Waals surface area contributed by atoms with Gasteiger partial charge in [0.15, 0.2) is 11.6 Å². The maximum Gasteiger partial charge on any atom is 0.170 e. The number of hydrogen-bond acceptors (Lipinski definition) is 3. The van der Waals surface area contributed by atoms with E-state index >= 15 is 0 Å². The van der Waals surface area contributed by atoms with Gasteiger partial charge in [0, 0.05) is 37.4 Å². The first-order valence-electron chi connectivity index (χ1n) is 6.88. The molecule has 3 nitrogen and oxygen atoms in total. The molecular weight excluding hydrogens is 241 g/mol. The number of anilines is 1. The molecule has 0 saturated heterocycles. The molecule has 0 unspecified atom stereocenters. The van der Waals surface area contributed by atoms with Crippen LogP contribution < -0.4 is 10.2 Å². The zero-order chi connectivity index (χ0) is 13.8. The predicted octanol–water partition coefficient (Wildman–Crippen LogP) is 2.88. The van der Waals surface area contributed by atoms with Crippen LogP contribution >= 0.6 is 0 Å². The summed E-state index contributed by atoms with van der Waals surface area (Å²) >= 11 is 0. The Kier molecular flexibility index (Phi) is 4.53. The summed E-state index contributed by atoms with van der Waals surface area (Å²) in [4.78, 5) is 6.10. The molecule has 0 radical (unpaired) electrons. The zero-order valence-corrected chi connectivity index (χ0v) is 11.7. The van der Waals surface area contributed by atoms with E-state index in [4.69, 9.17) is 0 Å². The van der Waals surface area contributed by atoms with E-state index in [1.807, 2.05) is 18.7 Å². The van der Waals surface area contributed by atoms with Crippen molar-refractivity contribution in [2.24, 2.45) is 0 Å². The third-order valence-corrected chi connectivity index (χ3v) is 3.25. The van der Waals surface area contributed by atoms with Gasteiger partial charge in [-0.25, -0.2) is 9.37 Å². The van der Waals surface area contributed by atoms with Crippen LogP contribution in [0.25, 0.3) is 0 Å². The highest BCUT2D eigenvalue weighted by molar-refractivity contribution is 5.44. The van der Waals surface area contributed by atoms with Crippen molar-refractivity contribution >= 4 is 5.82 Å². The number of halogens is 1. The summed E-state index contributed by atoms with van der Waals surface area (Å²) < 4.78 is 14.5. The molecule has 0 bridgehead atoms. The lowest BCUT2D eigenvalue weighted by atomic mass is 10.2. The maximum atomic E-state index is 14.5. The SMILES string of the molecule is C=C(C)CN(CC)c1nccc(CNC2CC2)c1F. The summed E-state index contributed by atoms with van der Waals surface area (Å²) in [6.45, 7) is 9.76. The predicted molar refractivity (Wildman–Crippen MR) is 76.8 cm³/mol. The van der Waals surface area contributed by atoms with Crippen LogP contribution in [0.1, 0.15) is 32.3 Å². The fraction of sp³-hybridized carbons (Fsp3) is 0.533. The van der Waals surface area contributed by atoms with Gasteiger partial charge in [-0.2, -0.15) is 0 Å². The Morgan fingerprint density at radius 3 is 2.89 bits per heavy atom. The number of likely N-dealkylation sites (N-methyl/N-ethyl adjacent to an activating group) is 1. The minimum Gasteiger partial charge on any atom is -0.350 e. The Balaban J connectivity index is 2.13. The minimum atomic E-state index is -0.209. The van der Waals surface area contributed by atoms with Gasteiger partial charge in [0.1, 0.15) is 0 Å². The summed E-state index contributed by atoms with van der Waals surface area (Å²) in [7, 11) is 0. The summed E-state index contributed by atoms with van der Waals surface area (Å²) in [5, 5.41) is 3.33. The van der Waals surface area contributed by atoms with Crippen molar-refractivity contribution in [3.05, 3.63) is 35.8 Å². The molecule has 1 fully saturated rings. The van der Waals surface area contributed by atoms with Gasteiger partial charge in [-0.3, -0.25) is 0 Å². The zero-order valence-electron chi connectivity index (χ0n) is 11.7. The molecular formula is C15H22FN3. The molecule has 0 amide bonds. The molecule has 1 aromatic heterocycles. The normalized spacial score (nSPS) is 14.5. The van der Waals surface area contributed by atoms with E-state index in [0.29, 0.717) is 30.5 Å². The van der Waals surface area contributed by atoms with Crippen LogP contribution in [-0.4, -0.2) is 24.1 Å². The van der Waals surface area contributed by atoms with Gasteiger partial charge in [-0.05, 0) is 32.8 Å². The largest absolute Gasteiger partial charge is 0.350 e. The van der Waals surface area contributed by atoms with Gasteiger partial charge in [0.25, 0.3) is 0 Å². The molecule has 0 aromatic carbocycles. The molecule has 0 spiro atoms. The van der Waals surface area contributed by atoms with Crippen LogP contribution in [0.4, 0.5) is 10.2 Å². The minimum absolute atomic E-state index is 0.209. The van der Waals surface area contributed by atoms with Crippen molar-refractivity contribution < 1.29 is 4.39 Å². The van der Waals surface area contributed by atoms with Crippen molar-refractivity contribution in [1.82, 2.24) is 10.3 Å². The van der Waals surface area contributed by atoms with Gasteiger partial charge >= 0.3 is 0 Å². The van der Waals surface area contributed by atoms with E-state index in [2.05, 4.69) is 16.9 Å². The van der Waals surface area contributed by atoms with Crippen molar-refractivity contribution in [2.45, 2.75) is 39.3 Å². The lowest BCUT2D eigenvalue weighted by Gasteiger charge is -2.23. The monoisotopic (exact) mass is 263 g/mol. The quantitative estimate of drug-likeness (QED) is 0.767. The highest BCUT2D eigenvalue weighted by Gasteiger charge is 2.21. The van der Waals surface area contributed by atoms with Crippen LogP contribution in [0.3, 0.4) is 0 Å². The van der Waals surface area contributed by atoms with Crippen molar-refractivity contribution in [2.75, 3.05) is 18.0 Å². The summed E-state index contributed by atoms with van der Waals surface area (Å²) in [5.74, 6) is 0.222. The highest BCUT2D eigenvalue weighted by Crippen LogP contribution is 2.23. The van der Waals surface area contributed by atoms with E-state index in [0.717, 1.165) is 12.1 Å². The van der Waals surface area contributed by atoms with Crippen molar-refractivity contribution in [3.8, 4) is 0 Å². The van der Waals surface area contributed by atoms with Gasteiger partial charge in [-0.1, -0.05) is 12.2 Å². The molecule has 1 saturated carbocycles. The molecule has 1 aliphatic rings. The molecule has 1 N–H and O–H groups in total. The van der Waals surface area contributed by atoms with Crippen LogP contribution in [-0.2, 0) is 6.54 Å². The van der Waals surface area contributed by atoms with Gasteiger partial charge < -0.3 is 10.2 Å². The van der Waals surface area contributed by atoms with Crippen LogP contribution in [0, 0.1) is 5.82 Å². The van der Waals surface area contributed by atoms with Crippen LogP contribution in [0.2, 0.25) is 0 Å². The molecule has 4 heteroatoms. The molecule has 1 aromatic rings. The Labute approximate surface area is 114 Å². The molecule has 1 heterocycles. The molecule has 0 atom stereocenters. The Bertz CT molecular complexity index is 455. The fourth-order valence-corrected chi connectivity index (χ4v) is 2.03. The van der Waals surface area contributed by atoms with Crippen molar-refractivity contribution in [1.29, 1.82) is 0 Å². The average molecular weight is 263 g/mol. The Hall–Kier alpha value is -1.42. The second-order valence-electron chi connectivity index (χ2n) is 5.23. The lowest BCUT2D eigenvalue weighted by molar-refractivity contribution is 0.576. The standard InChI is InChI=1S/C15H22FN3/c1-4-19(10-11(2)3)15-14(16)12(7-8-17-15)9-18-13-5-6-13/h7-8,13,18H,2,4-6,9-10H2,1,3H3. The first-order valence-corrected chi connectivity index (χ1v) is 6.88. The van der Waals surface area contributed by atoms with Gasteiger partial charge in [0.2, 0.25) is 0 Å². The third-order valence-electron chi connectivity index (χ3n) is 3.25. The second-order valence-corrected chi connectivity index (χ2v) is 5.23. The molecule has 19 heavy (non-hydrogen) atoms. The first-order chi connectivity index (χ1) is 9.11. The number of pyridine rings is 1. The number of nitrogens with zero attached hydrogens (tertiary/aromatic N) is 2. The number of rotatable bonds is 7. The Morgan fingerprint density at radius 1 is 1.58 bits per heavy atom. The average Bonchev–Trinajstić information content (AvgIpc) is 3.19. The van der Waals surface area contributed by atoms with Crippen LogP contribution in [0.5, 0.6) is 0 Å². The number of hydrogen-bond donors (Lipinski definition) is 1. The van der Waals surface area contributed by atoms with Crippen molar-refractivity contribution in [3.63, 3.8) is 0 Å². The lowest BCUT2D eigenvalue weighted by Crippen LogP contribution is -2.27. The van der Waals surface area contributed by atoms with Gasteiger partial charge in [0.05, 0.1) is 0 Å². The van der Waals surface area contributed by atoms with Crippen LogP contribution in [0.15, 0.2) is 24.4 Å². The van der Waals surface area contributed by atoms with Gasteiger partial charge in [-0.15, -0.1) is 0 Å². The summed E-state index contributed by atoms with van der Waals surface area (Å²) in [5.41, 5.74) is 1.70. The Morgan fingerprint density at radius 2 is 2.32 bits per heavy atom. The highest BCUT2D eigenvalue weighted by atomic mass is 19.1. The van der Waals surface area contributed by atoms with E-state index < -0.39 is 0 Å². The molecule has 0 aliphatic heterocycles. The summed E-state index contributed by atoms with van der Waals surface area (Å²) in [6.07, 6.45) is 4.09. The van der Waals surface area contributed by atoms with E-state index in [1.165, 1.54) is 12.8 Å². The molecule has 1 aliphatic carbocycles. The molecule has 104 valence electrons.